The molecule has 1 fully saturated rings. The van der Waals surface area contributed by atoms with E-state index in [2.05, 4.69) is 13.8 Å². The maximum atomic E-state index is 13.7. The van der Waals surface area contributed by atoms with Crippen LogP contribution in [0.1, 0.15) is 44.7 Å². The Hall–Kier alpha value is -2.87. The van der Waals surface area contributed by atoms with Gasteiger partial charge in [0, 0.05) is 7.05 Å². The predicted octanol–water partition coefficient (Wildman–Crippen LogP) is 4.63. The molecule has 1 amide bonds. The van der Waals surface area contributed by atoms with E-state index in [0.29, 0.717) is 11.5 Å². The van der Waals surface area contributed by atoms with Crippen molar-refractivity contribution >= 4 is 41.9 Å². The van der Waals surface area contributed by atoms with Gasteiger partial charge in [-0.15, -0.1) is 0 Å². The monoisotopic (exact) mass is 520 g/mol. The van der Waals surface area contributed by atoms with Gasteiger partial charge in [0.15, 0.2) is 5.11 Å². The van der Waals surface area contributed by atoms with E-state index in [0.717, 1.165) is 28.8 Å². The molecule has 1 N–H and O–H groups in total. The zero-order valence-corrected chi connectivity index (χ0v) is 22.8. The molecule has 3 aromatic rings. The molecule has 1 aliphatic heterocycles. The van der Waals surface area contributed by atoms with Crippen molar-refractivity contribution in [3.05, 3.63) is 96.3 Å². The average molecular weight is 521 g/mol. The van der Waals surface area contributed by atoms with Gasteiger partial charge in [-0.1, -0.05) is 93.1 Å². The van der Waals surface area contributed by atoms with Crippen LogP contribution in [0.4, 0.5) is 4.39 Å². The molecule has 1 heterocycles. The highest BCUT2D eigenvalue weighted by molar-refractivity contribution is 7.80. The number of hydrogen-bond acceptors (Lipinski definition) is 3. The van der Waals surface area contributed by atoms with Gasteiger partial charge < -0.3 is 9.70 Å². The molecule has 4 nitrogen and oxygen atoms in total. The molecular weight excluding hydrogens is 487 g/mol. The van der Waals surface area contributed by atoms with Gasteiger partial charge in [0.05, 0.1) is 12.6 Å². The summed E-state index contributed by atoms with van der Waals surface area (Å²) in [7, 11) is -1.31. The Morgan fingerprint density at radius 2 is 1.50 bits per heavy atom. The lowest BCUT2D eigenvalue weighted by atomic mass is 9.96. The predicted molar refractivity (Wildman–Crippen MR) is 149 cm³/mol. The van der Waals surface area contributed by atoms with Crippen molar-refractivity contribution in [1.29, 1.82) is 0 Å². The van der Waals surface area contributed by atoms with Crippen LogP contribution in [0.5, 0.6) is 0 Å². The van der Waals surface area contributed by atoms with E-state index >= 15 is 0 Å². The second-order valence-corrected chi connectivity index (χ2v) is 14.5. The number of nitrogens with zero attached hydrogens (tertiary/aromatic N) is 2. The zero-order valence-electron chi connectivity index (χ0n) is 21.0. The van der Waals surface area contributed by atoms with Crippen molar-refractivity contribution in [3.63, 3.8) is 0 Å². The van der Waals surface area contributed by atoms with Gasteiger partial charge in [0.2, 0.25) is 5.91 Å². The second kappa shape index (κ2) is 10.6. The van der Waals surface area contributed by atoms with Gasteiger partial charge in [-0.3, -0.25) is 9.69 Å². The summed E-state index contributed by atoms with van der Waals surface area (Å²) in [5.74, 6) is -0.358. The quantitative estimate of drug-likeness (QED) is 0.330. The fraction of sp³-hybridized carbons (Fsp3) is 0.310. The first kappa shape index (κ1) is 26.2. The van der Waals surface area contributed by atoms with E-state index < -0.39 is 13.4 Å². The Labute approximate surface area is 219 Å². The Morgan fingerprint density at radius 3 is 1.97 bits per heavy atom. The molecule has 0 spiro atoms. The first-order valence-corrected chi connectivity index (χ1v) is 14.7. The Balaban J connectivity index is 1.61. The second-order valence-electron chi connectivity index (χ2n) is 10.2. The van der Waals surface area contributed by atoms with E-state index in [1.54, 1.807) is 21.9 Å². The molecule has 3 aromatic carbocycles. The lowest BCUT2D eigenvalue weighted by Crippen LogP contribution is -2.65. The molecule has 1 atom stereocenters. The summed E-state index contributed by atoms with van der Waals surface area (Å²) in [5, 5.41) is 2.06. The highest BCUT2D eigenvalue weighted by Crippen LogP contribution is 2.42. The van der Waals surface area contributed by atoms with Gasteiger partial charge in [0.25, 0.3) is 8.32 Å². The number of hydrogen-bond donors (Lipinski definition) is 1. The Morgan fingerprint density at radius 1 is 0.972 bits per heavy atom. The minimum absolute atomic E-state index is 0.0458. The number of carbonyl (C=O) groups is 1. The number of thiocarbonyl (C=S) groups is 1. The van der Waals surface area contributed by atoms with Crippen molar-refractivity contribution in [2.24, 2.45) is 0 Å². The maximum absolute atomic E-state index is 13.7. The summed E-state index contributed by atoms with van der Waals surface area (Å²) in [6.45, 7) is 4.54. The third-order valence-corrected chi connectivity index (χ3v) is 12.4. The van der Waals surface area contributed by atoms with Crippen LogP contribution >= 0.6 is 12.2 Å². The van der Waals surface area contributed by atoms with E-state index in [4.69, 9.17) is 12.2 Å². The summed E-state index contributed by atoms with van der Waals surface area (Å²) >= 11 is 5.58. The Bertz CT molecular complexity index is 1170. The summed E-state index contributed by atoms with van der Waals surface area (Å²) in [6, 6.07) is 26.0. The number of carbonyl (C=O) groups excluding carboxylic acids is 1. The van der Waals surface area contributed by atoms with Crippen molar-refractivity contribution in [2.75, 3.05) is 13.6 Å². The number of amides is 1. The van der Waals surface area contributed by atoms with Crippen molar-refractivity contribution in [1.82, 2.24) is 9.80 Å². The van der Waals surface area contributed by atoms with Crippen LogP contribution in [-0.4, -0.2) is 47.5 Å². The minimum Gasteiger partial charge on any atom is -0.424 e. The van der Waals surface area contributed by atoms with Crippen molar-refractivity contribution in [2.45, 2.75) is 44.2 Å². The summed E-state index contributed by atoms with van der Waals surface area (Å²) < 4.78 is 13.7. The molecule has 0 aliphatic carbocycles. The van der Waals surface area contributed by atoms with Crippen molar-refractivity contribution in [3.8, 4) is 0 Å². The number of halogens is 1. The van der Waals surface area contributed by atoms with Crippen LogP contribution in [0.25, 0.3) is 0 Å². The molecule has 0 radical (unpaired) electrons. The minimum atomic E-state index is -3.12. The number of benzene rings is 3. The highest BCUT2D eigenvalue weighted by atomic mass is 32.1. The van der Waals surface area contributed by atoms with Gasteiger partial charge in [-0.05, 0) is 58.2 Å². The highest BCUT2D eigenvalue weighted by Gasteiger charge is 2.49. The summed E-state index contributed by atoms with van der Waals surface area (Å²) in [6.07, 6.45) is 2.17. The van der Waals surface area contributed by atoms with Crippen molar-refractivity contribution < 1.29 is 14.0 Å². The standard InChI is InChI=1S/C29H33FN2O2SSi/c1-29(2,36(34,24-11-6-4-7-12-24)25-13-8-5-9-14-25)20-10-15-26(22-16-18-23(30)19-17-22)32-27(33)21-31(3)28(32)35/h4-9,11-14,16-19,26,34H,10,15,20-21H2,1-3H3. The lowest BCUT2D eigenvalue weighted by molar-refractivity contribution is -0.126. The zero-order chi connectivity index (χ0) is 25.9. The molecule has 1 unspecified atom stereocenters. The Kier molecular flexibility index (Phi) is 7.73. The topological polar surface area (TPSA) is 43.8 Å². The smallest absolute Gasteiger partial charge is 0.258 e. The van der Waals surface area contributed by atoms with Gasteiger partial charge in [-0.2, -0.15) is 0 Å². The molecule has 1 aliphatic rings. The molecular formula is C29H33FN2O2SSi. The fourth-order valence-corrected chi connectivity index (χ4v) is 9.38. The number of rotatable bonds is 9. The summed E-state index contributed by atoms with van der Waals surface area (Å²) in [5.41, 5.74) is 0.860. The third-order valence-electron chi connectivity index (χ3n) is 7.38. The average Bonchev–Trinajstić information content (AvgIpc) is 3.13. The van der Waals surface area contributed by atoms with Crippen LogP contribution in [-0.2, 0) is 4.79 Å². The SMILES string of the molecule is CN1CC(=O)N(C(CCCC(C)(C)[Si](O)(c2ccccc2)c2ccccc2)c2ccc(F)cc2)C1=S. The molecule has 1 saturated heterocycles. The molecule has 188 valence electrons. The summed E-state index contributed by atoms with van der Waals surface area (Å²) in [4.78, 5) is 28.7. The number of likely N-dealkylation sites (N-methyl/N-ethyl adjacent to an activating group) is 1. The van der Waals surface area contributed by atoms with E-state index in [1.165, 1.54) is 12.1 Å². The molecule has 0 bridgehead atoms. The molecule has 7 heteroatoms. The lowest BCUT2D eigenvalue weighted by Gasteiger charge is -2.41. The largest absolute Gasteiger partial charge is 0.424 e. The molecule has 36 heavy (non-hydrogen) atoms. The van der Waals surface area contributed by atoms with E-state index in [1.807, 2.05) is 67.7 Å². The molecule has 4 rings (SSSR count). The molecule has 0 aromatic heterocycles. The van der Waals surface area contributed by atoms with Gasteiger partial charge in [0.1, 0.15) is 5.82 Å². The van der Waals surface area contributed by atoms with Crippen LogP contribution < -0.4 is 10.4 Å². The van der Waals surface area contributed by atoms with Gasteiger partial charge in [-0.25, -0.2) is 4.39 Å². The van der Waals surface area contributed by atoms with Gasteiger partial charge >= 0.3 is 0 Å². The van der Waals surface area contributed by atoms with E-state index in [-0.39, 0.29) is 24.3 Å². The van der Waals surface area contributed by atoms with Crippen LogP contribution in [0.2, 0.25) is 5.04 Å². The maximum Gasteiger partial charge on any atom is 0.258 e. The van der Waals surface area contributed by atoms with E-state index in [9.17, 15) is 14.0 Å². The van der Waals surface area contributed by atoms with Crippen LogP contribution in [0.3, 0.4) is 0 Å². The fourth-order valence-electron chi connectivity index (χ4n) is 5.30. The third kappa shape index (κ3) is 5.01. The first-order chi connectivity index (χ1) is 17.1. The normalized spacial score (nSPS) is 15.5. The van der Waals surface area contributed by atoms with Crippen LogP contribution in [0, 0.1) is 5.82 Å². The molecule has 0 saturated carbocycles. The van der Waals surface area contributed by atoms with Crippen LogP contribution in [0.15, 0.2) is 84.9 Å². The first-order valence-electron chi connectivity index (χ1n) is 12.3.